The molecule has 18 heavy (non-hydrogen) atoms. The Bertz CT molecular complexity index is 498. The van der Waals surface area contributed by atoms with Crippen molar-refractivity contribution in [1.29, 1.82) is 0 Å². The molecule has 2 aromatic rings. The molecule has 0 fully saturated rings. The summed E-state index contributed by atoms with van der Waals surface area (Å²) >= 11 is 0. The zero-order valence-corrected chi connectivity index (χ0v) is 10.6. The lowest BCUT2D eigenvalue weighted by Crippen LogP contribution is -2.28. The summed E-state index contributed by atoms with van der Waals surface area (Å²) in [4.78, 5) is 3.18. The van der Waals surface area contributed by atoms with Gasteiger partial charge in [-0.15, -0.1) is 0 Å². The van der Waals surface area contributed by atoms with E-state index in [1.54, 1.807) is 12.1 Å². The molecule has 3 nitrogen and oxygen atoms in total. The highest BCUT2D eigenvalue weighted by atomic mass is 19.1. The van der Waals surface area contributed by atoms with Crippen LogP contribution in [0.15, 0.2) is 36.5 Å². The molecule has 0 radical (unpaired) electrons. The number of aromatic amines is 1. The number of aromatic nitrogens is 1. The average Bonchev–Trinajstić information content (AvgIpc) is 2.82. The molecule has 4 N–H and O–H groups in total. The Morgan fingerprint density at radius 3 is 2.67 bits per heavy atom. The largest absolute Gasteiger partial charge is 0.397 e. The molecule has 0 atom stereocenters. The van der Waals surface area contributed by atoms with Gasteiger partial charge in [-0.2, -0.15) is 0 Å². The third kappa shape index (κ3) is 2.47. The smallest absolute Gasteiger partial charge is 0.148 e. The van der Waals surface area contributed by atoms with Crippen molar-refractivity contribution in [2.24, 2.45) is 0 Å². The van der Waals surface area contributed by atoms with Gasteiger partial charge in [0.05, 0.1) is 11.4 Å². The van der Waals surface area contributed by atoms with E-state index in [0.717, 1.165) is 5.69 Å². The molecule has 1 aromatic carbocycles. The average molecular weight is 247 g/mol. The molecule has 96 valence electrons. The molecule has 1 heterocycles. The van der Waals surface area contributed by atoms with Gasteiger partial charge in [-0.05, 0) is 24.3 Å². The van der Waals surface area contributed by atoms with Gasteiger partial charge in [0.1, 0.15) is 5.82 Å². The number of nitrogens with one attached hydrogen (secondary N) is 2. The number of anilines is 2. The number of rotatable bonds is 4. The van der Waals surface area contributed by atoms with Gasteiger partial charge in [0, 0.05) is 23.9 Å². The number of nitrogen functional groups attached to an aromatic ring is 1. The fraction of sp³-hybridized carbons (Fsp3) is 0.286. The van der Waals surface area contributed by atoms with E-state index < -0.39 is 0 Å². The Labute approximate surface area is 106 Å². The van der Waals surface area contributed by atoms with Crippen LogP contribution in [-0.2, 0) is 5.41 Å². The third-order valence-electron chi connectivity index (χ3n) is 3.08. The van der Waals surface area contributed by atoms with E-state index in [0.29, 0.717) is 17.9 Å². The molecular weight excluding hydrogens is 229 g/mol. The second-order valence-electron chi connectivity index (χ2n) is 5.03. The quantitative estimate of drug-likeness (QED) is 0.727. The molecule has 4 heteroatoms. The summed E-state index contributed by atoms with van der Waals surface area (Å²) in [7, 11) is 0. The molecule has 0 saturated carbocycles. The molecule has 0 aliphatic heterocycles. The first-order chi connectivity index (χ1) is 8.50. The zero-order chi connectivity index (χ0) is 13.2. The maximum Gasteiger partial charge on any atom is 0.148 e. The predicted molar refractivity (Wildman–Crippen MR) is 73.1 cm³/mol. The minimum absolute atomic E-state index is 0.127. The molecule has 0 amide bonds. The molecule has 0 spiro atoms. The van der Waals surface area contributed by atoms with Gasteiger partial charge in [-0.25, -0.2) is 4.39 Å². The van der Waals surface area contributed by atoms with E-state index in [-0.39, 0.29) is 11.2 Å². The Hall–Kier alpha value is -1.97. The molecule has 0 aliphatic carbocycles. The third-order valence-corrected chi connectivity index (χ3v) is 3.08. The fourth-order valence-electron chi connectivity index (χ4n) is 1.88. The molecule has 1 aromatic heterocycles. The summed E-state index contributed by atoms with van der Waals surface area (Å²) < 4.78 is 13.6. The number of hydrogen-bond acceptors (Lipinski definition) is 2. The second kappa shape index (κ2) is 4.72. The molecule has 0 bridgehead atoms. The number of nitrogens with two attached hydrogens (primary N) is 1. The Morgan fingerprint density at radius 1 is 1.28 bits per heavy atom. The Balaban J connectivity index is 2.12. The minimum atomic E-state index is -0.322. The molecule has 0 aliphatic rings. The van der Waals surface area contributed by atoms with Gasteiger partial charge >= 0.3 is 0 Å². The normalized spacial score (nSPS) is 11.5. The van der Waals surface area contributed by atoms with Crippen molar-refractivity contribution >= 4 is 11.4 Å². The van der Waals surface area contributed by atoms with Crippen LogP contribution in [0.1, 0.15) is 19.5 Å². The maximum atomic E-state index is 13.6. The van der Waals surface area contributed by atoms with Crippen LogP contribution in [0, 0.1) is 5.82 Å². The predicted octanol–water partition coefficient (Wildman–Crippen LogP) is 3.13. The van der Waals surface area contributed by atoms with Crippen molar-refractivity contribution < 1.29 is 4.39 Å². The summed E-state index contributed by atoms with van der Waals surface area (Å²) in [6, 6.07) is 8.67. The SMILES string of the molecule is CC(C)(CNc1c(N)cccc1F)c1ccc[nH]1. The number of benzene rings is 1. The van der Waals surface area contributed by atoms with Gasteiger partial charge in [-0.1, -0.05) is 19.9 Å². The number of H-pyrrole nitrogens is 1. The summed E-state index contributed by atoms with van der Waals surface area (Å²) in [5.74, 6) is -0.322. The highest BCUT2D eigenvalue weighted by Gasteiger charge is 2.22. The van der Waals surface area contributed by atoms with Crippen LogP contribution in [-0.4, -0.2) is 11.5 Å². The van der Waals surface area contributed by atoms with Gasteiger partial charge in [0.2, 0.25) is 0 Å². The molecular formula is C14H18FN3. The van der Waals surface area contributed by atoms with E-state index in [9.17, 15) is 4.39 Å². The van der Waals surface area contributed by atoms with E-state index in [2.05, 4.69) is 24.1 Å². The minimum Gasteiger partial charge on any atom is -0.397 e. The monoisotopic (exact) mass is 247 g/mol. The maximum absolute atomic E-state index is 13.6. The lowest BCUT2D eigenvalue weighted by molar-refractivity contribution is 0.538. The van der Waals surface area contributed by atoms with Crippen molar-refractivity contribution in [3.8, 4) is 0 Å². The number of halogens is 1. The lowest BCUT2D eigenvalue weighted by Gasteiger charge is -2.25. The summed E-state index contributed by atoms with van der Waals surface area (Å²) in [5, 5.41) is 3.09. The van der Waals surface area contributed by atoms with Crippen LogP contribution in [0.3, 0.4) is 0 Å². The van der Waals surface area contributed by atoms with Crippen LogP contribution in [0.5, 0.6) is 0 Å². The zero-order valence-electron chi connectivity index (χ0n) is 10.6. The second-order valence-corrected chi connectivity index (χ2v) is 5.03. The van der Waals surface area contributed by atoms with Crippen molar-refractivity contribution in [1.82, 2.24) is 4.98 Å². The standard InChI is InChI=1S/C14H18FN3/c1-14(2,12-7-4-8-17-12)9-18-13-10(15)5-3-6-11(13)16/h3-8,17-18H,9,16H2,1-2H3. The first-order valence-electron chi connectivity index (χ1n) is 5.92. The van der Waals surface area contributed by atoms with Crippen LogP contribution >= 0.6 is 0 Å². The lowest BCUT2D eigenvalue weighted by atomic mass is 9.89. The van der Waals surface area contributed by atoms with Crippen LogP contribution in [0.2, 0.25) is 0 Å². The summed E-state index contributed by atoms with van der Waals surface area (Å²) in [6.07, 6.45) is 1.88. The number of para-hydroxylation sites is 1. The van der Waals surface area contributed by atoms with Crippen LogP contribution in [0.4, 0.5) is 15.8 Å². The van der Waals surface area contributed by atoms with Gasteiger partial charge < -0.3 is 16.0 Å². The topological polar surface area (TPSA) is 53.8 Å². The van der Waals surface area contributed by atoms with Gasteiger partial charge in [-0.3, -0.25) is 0 Å². The van der Waals surface area contributed by atoms with E-state index >= 15 is 0 Å². The highest BCUT2D eigenvalue weighted by molar-refractivity contribution is 5.66. The molecule has 0 unspecified atom stereocenters. The summed E-state index contributed by atoms with van der Waals surface area (Å²) in [6.45, 7) is 4.77. The van der Waals surface area contributed by atoms with E-state index in [1.807, 2.05) is 18.3 Å². The van der Waals surface area contributed by atoms with E-state index in [1.165, 1.54) is 6.07 Å². The Morgan fingerprint density at radius 2 is 2.06 bits per heavy atom. The van der Waals surface area contributed by atoms with Crippen LogP contribution in [0.25, 0.3) is 0 Å². The van der Waals surface area contributed by atoms with Crippen molar-refractivity contribution in [3.05, 3.63) is 48.0 Å². The molecule has 2 rings (SSSR count). The Kier molecular flexibility index (Phi) is 3.28. The fourth-order valence-corrected chi connectivity index (χ4v) is 1.88. The highest BCUT2D eigenvalue weighted by Crippen LogP contribution is 2.26. The van der Waals surface area contributed by atoms with E-state index in [4.69, 9.17) is 5.73 Å². The van der Waals surface area contributed by atoms with Gasteiger partial charge in [0.15, 0.2) is 0 Å². The summed E-state index contributed by atoms with van der Waals surface area (Å²) in [5.41, 5.74) is 7.53. The molecule has 0 saturated heterocycles. The van der Waals surface area contributed by atoms with Crippen molar-refractivity contribution in [3.63, 3.8) is 0 Å². The van der Waals surface area contributed by atoms with Gasteiger partial charge in [0.25, 0.3) is 0 Å². The van der Waals surface area contributed by atoms with Crippen molar-refractivity contribution in [2.75, 3.05) is 17.6 Å². The number of hydrogen-bond donors (Lipinski definition) is 3. The first kappa shape index (κ1) is 12.5. The van der Waals surface area contributed by atoms with Crippen molar-refractivity contribution in [2.45, 2.75) is 19.3 Å². The van der Waals surface area contributed by atoms with Crippen LogP contribution < -0.4 is 11.1 Å². The first-order valence-corrected chi connectivity index (χ1v) is 5.92.